The number of anilines is 1. The van der Waals surface area contributed by atoms with Crippen molar-refractivity contribution in [3.63, 3.8) is 0 Å². The first-order valence-electron chi connectivity index (χ1n) is 11.8. The lowest BCUT2D eigenvalue weighted by molar-refractivity contribution is -0.144. The molecule has 3 aromatic rings. The van der Waals surface area contributed by atoms with Crippen LogP contribution in [-0.2, 0) is 9.53 Å². The topological polar surface area (TPSA) is 100 Å². The Morgan fingerprint density at radius 1 is 1.14 bits per heavy atom. The lowest BCUT2D eigenvalue weighted by Gasteiger charge is -2.58. The van der Waals surface area contributed by atoms with Gasteiger partial charge in [-0.2, -0.15) is 0 Å². The quantitative estimate of drug-likeness (QED) is 0.394. The smallest absolute Gasteiger partial charge is 0.298 e. The molecule has 36 heavy (non-hydrogen) atoms. The zero-order valence-corrected chi connectivity index (χ0v) is 20.0. The highest BCUT2D eigenvalue weighted by molar-refractivity contribution is 6.13. The molecule has 1 saturated heterocycles. The Kier molecular flexibility index (Phi) is 6.65. The number of carbonyl (C=O) groups excluding carboxylic acids is 1. The predicted octanol–water partition coefficient (Wildman–Crippen LogP) is 3.74. The summed E-state index contributed by atoms with van der Waals surface area (Å²) in [4.78, 5) is 22.5. The van der Waals surface area contributed by atoms with E-state index in [0.29, 0.717) is 22.8 Å². The summed E-state index contributed by atoms with van der Waals surface area (Å²) in [6, 6.07) is 17.3. The maximum Gasteiger partial charge on any atom is 0.298 e. The highest BCUT2D eigenvalue weighted by atomic mass is 16.5. The molecule has 0 radical (unpaired) electrons. The predicted molar refractivity (Wildman–Crippen MR) is 136 cm³/mol. The molecule has 0 unspecified atom stereocenters. The number of hydrogen-bond donors (Lipinski definition) is 2. The molecule has 1 amide bonds. The lowest BCUT2D eigenvalue weighted by atomic mass is 9.60. The number of likely N-dealkylation sites (tertiary alicyclic amines) is 1. The summed E-state index contributed by atoms with van der Waals surface area (Å²) < 4.78 is 10.7. The molecule has 2 aliphatic rings. The van der Waals surface area contributed by atoms with Gasteiger partial charge in [0.1, 0.15) is 30.3 Å². The van der Waals surface area contributed by atoms with Crippen LogP contribution in [0.3, 0.4) is 0 Å². The molecule has 8 heteroatoms. The van der Waals surface area contributed by atoms with Crippen LogP contribution >= 0.6 is 0 Å². The maximum absolute atomic E-state index is 12.1. The number of benzene rings is 2. The van der Waals surface area contributed by atoms with Crippen molar-refractivity contribution in [2.75, 3.05) is 32.1 Å². The molecular weight excluding hydrogens is 454 g/mol. The van der Waals surface area contributed by atoms with Gasteiger partial charge in [-0.25, -0.2) is 9.97 Å². The Bertz CT molecular complexity index is 1300. The summed E-state index contributed by atoms with van der Waals surface area (Å²) in [7, 11) is 1.56. The van der Waals surface area contributed by atoms with Crippen LogP contribution in [0, 0.1) is 22.7 Å². The summed E-state index contributed by atoms with van der Waals surface area (Å²) in [6.07, 6.45) is 5.06. The minimum absolute atomic E-state index is 0.138. The Morgan fingerprint density at radius 3 is 2.58 bits per heavy atom. The van der Waals surface area contributed by atoms with Crippen LogP contribution in [-0.4, -0.2) is 59.3 Å². The monoisotopic (exact) mass is 481 g/mol. The van der Waals surface area contributed by atoms with Crippen molar-refractivity contribution < 1.29 is 14.3 Å². The molecule has 2 aromatic carbocycles. The number of nitrogens with zero attached hydrogens (tertiary/aromatic N) is 3. The molecular formula is C28H27N5O3. The number of para-hydroxylation sites is 1. The van der Waals surface area contributed by atoms with Crippen LogP contribution in [0.1, 0.15) is 24.0 Å². The molecule has 1 aliphatic carbocycles. The molecule has 8 nitrogen and oxygen atoms in total. The maximum atomic E-state index is 12.1. The van der Waals surface area contributed by atoms with E-state index in [0.717, 1.165) is 37.2 Å². The molecule has 2 fully saturated rings. The molecule has 1 saturated carbocycles. The van der Waals surface area contributed by atoms with E-state index in [1.54, 1.807) is 18.2 Å². The Balaban J connectivity index is 1.18. The van der Waals surface area contributed by atoms with Gasteiger partial charge in [0.2, 0.25) is 0 Å². The van der Waals surface area contributed by atoms with E-state index >= 15 is 0 Å². The minimum Gasteiger partial charge on any atom is -0.457 e. The fourth-order valence-corrected chi connectivity index (χ4v) is 4.81. The third-order valence-electron chi connectivity index (χ3n) is 6.55. The standard InChI is InChI=1S/C28H27N5O3/c1-35-13-5-8-25(34)33-17-28(18-33)14-21(15-28)32-27-24(16-30-19-31-27)26(29)20-9-11-23(12-10-20)36-22-6-3-2-4-7-22/h2-4,6-7,9-12,16,19,21,29H,13-15,17-18H2,1H3,(H,30,31,32). The second kappa shape index (κ2) is 10.2. The van der Waals surface area contributed by atoms with Crippen molar-refractivity contribution in [2.45, 2.75) is 18.9 Å². The van der Waals surface area contributed by atoms with Crippen LogP contribution < -0.4 is 10.1 Å². The van der Waals surface area contributed by atoms with Crippen molar-refractivity contribution in [3.8, 4) is 23.3 Å². The van der Waals surface area contributed by atoms with Crippen LogP contribution in [0.5, 0.6) is 11.5 Å². The summed E-state index contributed by atoms with van der Waals surface area (Å²) in [6.45, 7) is 1.73. The molecule has 2 heterocycles. The van der Waals surface area contributed by atoms with Crippen molar-refractivity contribution in [3.05, 3.63) is 78.2 Å². The Labute approximate surface area is 210 Å². The van der Waals surface area contributed by atoms with E-state index in [-0.39, 0.29) is 24.0 Å². The number of aromatic nitrogens is 2. The second-order valence-corrected chi connectivity index (χ2v) is 9.25. The largest absolute Gasteiger partial charge is 0.457 e. The van der Waals surface area contributed by atoms with Gasteiger partial charge in [0.05, 0.1) is 11.3 Å². The van der Waals surface area contributed by atoms with E-state index in [1.165, 1.54) is 6.33 Å². The Hall–Kier alpha value is -4.22. The summed E-state index contributed by atoms with van der Waals surface area (Å²) >= 11 is 0. The van der Waals surface area contributed by atoms with Crippen LogP contribution in [0.2, 0.25) is 0 Å². The normalized spacial score (nSPS) is 15.8. The molecule has 1 aliphatic heterocycles. The van der Waals surface area contributed by atoms with Crippen LogP contribution in [0.4, 0.5) is 5.82 Å². The van der Waals surface area contributed by atoms with Crippen LogP contribution in [0.15, 0.2) is 67.1 Å². The zero-order valence-electron chi connectivity index (χ0n) is 20.0. The van der Waals surface area contributed by atoms with E-state index < -0.39 is 0 Å². The molecule has 1 spiro atoms. The van der Waals surface area contributed by atoms with Gasteiger partial charge in [-0.05, 0) is 55.2 Å². The molecule has 0 bridgehead atoms. The first-order valence-corrected chi connectivity index (χ1v) is 11.8. The van der Waals surface area contributed by atoms with Crippen molar-refractivity contribution in [1.29, 1.82) is 5.41 Å². The number of rotatable bonds is 7. The van der Waals surface area contributed by atoms with Gasteiger partial charge < -0.3 is 19.7 Å². The molecule has 2 N–H and O–H groups in total. The number of ether oxygens (including phenoxy) is 2. The number of methoxy groups -OCH3 is 1. The molecule has 0 atom stereocenters. The zero-order chi connectivity index (χ0) is 25.0. The van der Waals surface area contributed by atoms with E-state index in [2.05, 4.69) is 27.1 Å². The average Bonchev–Trinajstić information content (AvgIpc) is 2.85. The molecule has 5 rings (SSSR count). The second-order valence-electron chi connectivity index (χ2n) is 9.25. The third-order valence-corrected chi connectivity index (χ3v) is 6.55. The number of amides is 1. The van der Waals surface area contributed by atoms with Crippen LogP contribution in [0.25, 0.3) is 0 Å². The Morgan fingerprint density at radius 2 is 1.86 bits per heavy atom. The van der Waals surface area contributed by atoms with Gasteiger partial charge in [-0.1, -0.05) is 24.1 Å². The summed E-state index contributed by atoms with van der Waals surface area (Å²) in [5, 5.41) is 12.3. The number of nitrogens with one attached hydrogen (secondary N) is 2. The van der Waals surface area contributed by atoms with Gasteiger partial charge in [-0.3, -0.25) is 10.2 Å². The van der Waals surface area contributed by atoms with Gasteiger partial charge in [0.15, 0.2) is 0 Å². The highest BCUT2D eigenvalue weighted by Crippen LogP contribution is 2.49. The number of hydrogen-bond acceptors (Lipinski definition) is 7. The van der Waals surface area contributed by atoms with Gasteiger partial charge in [0, 0.05) is 43.4 Å². The van der Waals surface area contributed by atoms with E-state index in [1.807, 2.05) is 54.6 Å². The SMILES string of the molecule is COCC#CC(=O)N1CC2(CC(Nc3ncncc3C(=N)c3ccc(Oc4ccccc4)cc3)C2)C1. The van der Waals surface area contributed by atoms with Crippen molar-refractivity contribution in [2.24, 2.45) is 5.41 Å². The minimum atomic E-state index is -0.138. The first kappa shape index (κ1) is 23.5. The fraction of sp³-hybridized carbons (Fsp3) is 0.286. The first-order chi connectivity index (χ1) is 17.5. The fourth-order valence-electron chi connectivity index (χ4n) is 4.81. The van der Waals surface area contributed by atoms with Crippen molar-refractivity contribution in [1.82, 2.24) is 14.9 Å². The van der Waals surface area contributed by atoms with Gasteiger partial charge in [0.25, 0.3) is 5.91 Å². The van der Waals surface area contributed by atoms with Gasteiger partial charge >= 0.3 is 0 Å². The van der Waals surface area contributed by atoms with Crippen molar-refractivity contribution >= 4 is 17.4 Å². The van der Waals surface area contributed by atoms with Gasteiger partial charge in [-0.15, -0.1) is 0 Å². The highest BCUT2D eigenvalue weighted by Gasteiger charge is 2.53. The van der Waals surface area contributed by atoms with E-state index in [9.17, 15) is 4.79 Å². The summed E-state index contributed by atoms with van der Waals surface area (Å²) in [5.41, 5.74) is 1.90. The molecule has 1 aromatic heterocycles. The summed E-state index contributed by atoms with van der Waals surface area (Å²) in [5.74, 6) is 7.32. The molecule has 182 valence electrons. The average molecular weight is 482 g/mol. The number of carbonyl (C=O) groups is 1. The van der Waals surface area contributed by atoms with E-state index in [4.69, 9.17) is 14.9 Å². The third kappa shape index (κ3) is 5.07. The lowest BCUT2D eigenvalue weighted by Crippen LogP contribution is -2.66.